The standard InChI is InChI=1S/C26H35N3O/c1-21-12-16-29(17-13-21)26(30)25-10-8-24(9-11-25)23-6-4-22(5-7-23)20-28-15-3-14-27(2)18-19-28/h4-11,21H,3,12-20H2,1-2H3. The molecule has 0 aromatic heterocycles. The smallest absolute Gasteiger partial charge is 0.253 e. The number of carbonyl (C=O) groups excluding carboxylic acids is 1. The van der Waals surface area contributed by atoms with Gasteiger partial charge in [0.05, 0.1) is 0 Å². The number of benzene rings is 2. The van der Waals surface area contributed by atoms with E-state index in [-0.39, 0.29) is 5.91 Å². The molecule has 0 spiro atoms. The van der Waals surface area contributed by atoms with Gasteiger partial charge in [-0.3, -0.25) is 9.69 Å². The van der Waals surface area contributed by atoms with Crippen molar-refractivity contribution in [3.05, 3.63) is 59.7 Å². The third-order valence-electron chi connectivity index (χ3n) is 6.71. The van der Waals surface area contributed by atoms with E-state index in [0.717, 1.165) is 57.0 Å². The molecule has 2 aromatic rings. The molecule has 0 atom stereocenters. The van der Waals surface area contributed by atoms with Crippen LogP contribution in [0.15, 0.2) is 48.5 Å². The van der Waals surface area contributed by atoms with Crippen LogP contribution >= 0.6 is 0 Å². The van der Waals surface area contributed by atoms with Gasteiger partial charge in [-0.15, -0.1) is 0 Å². The molecule has 0 aliphatic carbocycles. The maximum atomic E-state index is 12.8. The topological polar surface area (TPSA) is 26.8 Å². The lowest BCUT2D eigenvalue weighted by molar-refractivity contribution is 0.0697. The molecule has 0 bridgehead atoms. The highest BCUT2D eigenvalue weighted by Crippen LogP contribution is 2.23. The molecule has 2 fully saturated rings. The van der Waals surface area contributed by atoms with Crippen molar-refractivity contribution < 1.29 is 4.79 Å². The minimum absolute atomic E-state index is 0.173. The highest BCUT2D eigenvalue weighted by atomic mass is 16.2. The van der Waals surface area contributed by atoms with E-state index in [1.54, 1.807) is 0 Å². The minimum atomic E-state index is 0.173. The Kier molecular flexibility index (Phi) is 6.86. The van der Waals surface area contributed by atoms with Gasteiger partial charge in [-0.1, -0.05) is 43.3 Å². The third-order valence-corrected chi connectivity index (χ3v) is 6.71. The Bertz CT molecular complexity index is 822. The average molecular weight is 406 g/mol. The van der Waals surface area contributed by atoms with Crippen LogP contribution in [0.5, 0.6) is 0 Å². The van der Waals surface area contributed by atoms with Crippen LogP contribution in [0.4, 0.5) is 0 Å². The summed E-state index contributed by atoms with van der Waals surface area (Å²) in [6.45, 7) is 9.74. The van der Waals surface area contributed by atoms with Crippen molar-refractivity contribution in [2.24, 2.45) is 5.92 Å². The first-order valence-electron chi connectivity index (χ1n) is 11.5. The van der Waals surface area contributed by atoms with Gasteiger partial charge in [0.25, 0.3) is 5.91 Å². The lowest BCUT2D eigenvalue weighted by atomic mass is 9.98. The molecule has 2 aliphatic rings. The average Bonchev–Trinajstić information content (AvgIpc) is 2.98. The zero-order valence-corrected chi connectivity index (χ0v) is 18.5. The number of hydrogen-bond acceptors (Lipinski definition) is 3. The van der Waals surface area contributed by atoms with Crippen LogP contribution in [0.3, 0.4) is 0 Å². The Morgan fingerprint density at radius 1 is 0.833 bits per heavy atom. The Morgan fingerprint density at radius 2 is 1.47 bits per heavy atom. The van der Waals surface area contributed by atoms with Crippen LogP contribution in [0, 0.1) is 5.92 Å². The summed E-state index contributed by atoms with van der Waals surface area (Å²) in [7, 11) is 2.21. The molecule has 1 amide bonds. The molecule has 4 heteroatoms. The highest BCUT2D eigenvalue weighted by Gasteiger charge is 2.21. The molecule has 0 radical (unpaired) electrons. The van der Waals surface area contributed by atoms with Crippen molar-refractivity contribution in [2.45, 2.75) is 32.7 Å². The van der Waals surface area contributed by atoms with Crippen LogP contribution in [-0.2, 0) is 6.54 Å². The first-order valence-corrected chi connectivity index (χ1v) is 11.5. The van der Waals surface area contributed by atoms with Crippen LogP contribution < -0.4 is 0 Å². The van der Waals surface area contributed by atoms with Gasteiger partial charge in [0, 0.05) is 38.3 Å². The summed E-state index contributed by atoms with van der Waals surface area (Å²) in [6.07, 6.45) is 3.48. The largest absolute Gasteiger partial charge is 0.339 e. The molecular formula is C26H35N3O. The normalized spacial score (nSPS) is 19.6. The van der Waals surface area contributed by atoms with Crippen LogP contribution in [0.25, 0.3) is 11.1 Å². The molecule has 4 rings (SSSR count). The number of hydrogen-bond donors (Lipinski definition) is 0. The number of piperidine rings is 1. The Labute approximate surface area is 181 Å². The number of nitrogens with zero attached hydrogens (tertiary/aromatic N) is 3. The molecule has 0 unspecified atom stereocenters. The van der Waals surface area contributed by atoms with E-state index in [1.165, 1.54) is 36.2 Å². The number of amides is 1. The molecule has 0 N–H and O–H groups in total. The summed E-state index contributed by atoms with van der Waals surface area (Å²) in [5.74, 6) is 0.909. The summed E-state index contributed by atoms with van der Waals surface area (Å²) in [6, 6.07) is 17.0. The zero-order chi connectivity index (χ0) is 20.9. The molecular weight excluding hydrogens is 370 g/mol. The van der Waals surface area contributed by atoms with Crippen molar-refractivity contribution in [2.75, 3.05) is 46.3 Å². The molecule has 160 valence electrons. The second-order valence-corrected chi connectivity index (χ2v) is 9.18. The van der Waals surface area contributed by atoms with Crippen LogP contribution in [-0.4, -0.2) is 66.9 Å². The van der Waals surface area contributed by atoms with Crippen LogP contribution in [0.2, 0.25) is 0 Å². The van der Waals surface area contributed by atoms with Gasteiger partial charge in [-0.05, 0) is 74.1 Å². The van der Waals surface area contributed by atoms with E-state index >= 15 is 0 Å². The van der Waals surface area contributed by atoms with Gasteiger partial charge in [0.15, 0.2) is 0 Å². The number of likely N-dealkylation sites (N-methyl/N-ethyl adjacent to an activating group) is 1. The lowest BCUT2D eigenvalue weighted by Gasteiger charge is -2.30. The van der Waals surface area contributed by atoms with E-state index in [9.17, 15) is 4.79 Å². The van der Waals surface area contributed by atoms with Gasteiger partial charge in [-0.25, -0.2) is 0 Å². The maximum absolute atomic E-state index is 12.8. The van der Waals surface area contributed by atoms with Crippen molar-refractivity contribution in [3.63, 3.8) is 0 Å². The molecule has 2 aromatic carbocycles. The van der Waals surface area contributed by atoms with Gasteiger partial charge in [-0.2, -0.15) is 0 Å². The summed E-state index contributed by atoms with van der Waals surface area (Å²) in [5, 5.41) is 0. The third kappa shape index (κ3) is 5.30. The fraction of sp³-hybridized carbons (Fsp3) is 0.500. The van der Waals surface area contributed by atoms with Crippen molar-refractivity contribution >= 4 is 5.91 Å². The summed E-state index contributed by atoms with van der Waals surface area (Å²) < 4.78 is 0. The van der Waals surface area contributed by atoms with Crippen molar-refractivity contribution in [1.29, 1.82) is 0 Å². The molecule has 2 aliphatic heterocycles. The summed E-state index contributed by atoms with van der Waals surface area (Å²) in [4.78, 5) is 19.7. The van der Waals surface area contributed by atoms with Crippen LogP contribution in [0.1, 0.15) is 42.1 Å². The predicted octanol–water partition coefficient (Wildman–Crippen LogP) is 4.36. The Balaban J connectivity index is 1.36. The number of rotatable bonds is 4. The summed E-state index contributed by atoms with van der Waals surface area (Å²) >= 11 is 0. The lowest BCUT2D eigenvalue weighted by Crippen LogP contribution is -2.37. The van der Waals surface area contributed by atoms with Gasteiger partial charge in [0.2, 0.25) is 0 Å². The first kappa shape index (κ1) is 21.1. The van der Waals surface area contributed by atoms with E-state index < -0.39 is 0 Å². The molecule has 0 saturated carbocycles. The SMILES string of the molecule is CC1CCN(C(=O)c2ccc(-c3ccc(CN4CCCN(C)CC4)cc3)cc2)CC1. The molecule has 30 heavy (non-hydrogen) atoms. The number of likely N-dealkylation sites (tertiary alicyclic amines) is 1. The van der Waals surface area contributed by atoms with E-state index in [0.29, 0.717) is 0 Å². The maximum Gasteiger partial charge on any atom is 0.253 e. The first-order chi connectivity index (χ1) is 14.6. The van der Waals surface area contributed by atoms with Gasteiger partial charge < -0.3 is 9.80 Å². The van der Waals surface area contributed by atoms with Gasteiger partial charge >= 0.3 is 0 Å². The monoisotopic (exact) mass is 405 g/mol. The number of carbonyl (C=O) groups is 1. The Hall–Kier alpha value is -2.17. The second-order valence-electron chi connectivity index (χ2n) is 9.18. The van der Waals surface area contributed by atoms with E-state index in [2.05, 4.69) is 60.2 Å². The van der Waals surface area contributed by atoms with Crippen molar-refractivity contribution in [1.82, 2.24) is 14.7 Å². The quantitative estimate of drug-likeness (QED) is 0.756. The van der Waals surface area contributed by atoms with Crippen molar-refractivity contribution in [3.8, 4) is 11.1 Å². The summed E-state index contributed by atoms with van der Waals surface area (Å²) in [5.41, 5.74) is 4.55. The molecule has 2 saturated heterocycles. The van der Waals surface area contributed by atoms with E-state index in [4.69, 9.17) is 0 Å². The fourth-order valence-corrected chi connectivity index (χ4v) is 4.52. The fourth-order valence-electron chi connectivity index (χ4n) is 4.52. The van der Waals surface area contributed by atoms with Gasteiger partial charge in [0.1, 0.15) is 0 Å². The Morgan fingerprint density at radius 3 is 2.13 bits per heavy atom. The minimum Gasteiger partial charge on any atom is -0.339 e. The van der Waals surface area contributed by atoms with E-state index in [1.807, 2.05) is 17.0 Å². The highest BCUT2D eigenvalue weighted by molar-refractivity contribution is 5.94. The molecule has 4 nitrogen and oxygen atoms in total. The second kappa shape index (κ2) is 9.76. The zero-order valence-electron chi connectivity index (χ0n) is 18.5. The predicted molar refractivity (Wildman–Crippen MR) is 124 cm³/mol. The molecule has 2 heterocycles.